The molecule has 0 aliphatic rings. The van der Waals surface area contributed by atoms with E-state index >= 15 is 0 Å². The van der Waals surface area contributed by atoms with Crippen LogP contribution in [0.3, 0.4) is 0 Å². The van der Waals surface area contributed by atoms with Gasteiger partial charge in [-0.1, -0.05) is 48.5 Å². The molecule has 0 aliphatic carbocycles. The van der Waals surface area contributed by atoms with Crippen LogP contribution in [0.1, 0.15) is 27.9 Å². The second-order valence-electron chi connectivity index (χ2n) is 5.73. The molecule has 5 heteroatoms. The fourth-order valence-corrected chi connectivity index (χ4v) is 2.46. The molecule has 5 nitrogen and oxygen atoms in total. The van der Waals surface area contributed by atoms with Gasteiger partial charge in [0.15, 0.2) is 0 Å². The molecule has 1 heterocycles. The molecule has 0 N–H and O–H groups in total. The van der Waals surface area contributed by atoms with Crippen LogP contribution in [-0.4, -0.2) is 22.5 Å². The molecule has 0 fully saturated rings. The molecule has 0 radical (unpaired) electrons. The number of carbonyl (C=O) groups is 1. The van der Waals surface area contributed by atoms with Gasteiger partial charge >= 0.3 is 5.97 Å². The minimum Gasteiger partial charge on any atom is -0.473 e. The van der Waals surface area contributed by atoms with Gasteiger partial charge in [0.05, 0.1) is 12.2 Å². The van der Waals surface area contributed by atoms with Crippen molar-refractivity contribution in [3.63, 3.8) is 0 Å². The van der Waals surface area contributed by atoms with Crippen molar-refractivity contribution in [2.24, 2.45) is 0 Å². The van der Waals surface area contributed by atoms with E-state index in [1.165, 1.54) is 6.33 Å². The van der Waals surface area contributed by atoms with Crippen LogP contribution in [0.5, 0.6) is 5.88 Å². The Kier molecular flexibility index (Phi) is 6.31. The molecule has 0 saturated carbocycles. The topological polar surface area (TPSA) is 61.3 Å². The summed E-state index contributed by atoms with van der Waals surface area (Å²) in [6.45, 7) is 0.786. The van der Waals surface area contributed by atoms with E-state index < -0.39 is 0 Å². The monoisotopic (exact) mass is 348 g/mol. The van der Waals surface area contributed by atoms with Gasteiger partial charge in [-0.25, -0.2) is 14.8 Å². The highest BCUT2D eigenvalue weighted by molar-refractivity contribution is 5.89. The molecule has 132 valence electrons. The molecule has 0 saturated heterocycles. The quantitative estimate of drug-likeness (QED) is 0.457. The summed E-state index contributed by atoms with van der Waals surface area (Å²) < 4.78 is 11.1. The molecule has 0 amide bonds. The van der Waals surface area contributed by atoms with Crippen molar-refractivity contribution in [1.29, 1.82) is 0 Å². The molecule has 1 aromatic heterocycles. The van der Waals surface area contributed by atoms with Crippen molar-refractivity contribution in [1.82, 2.24) is 9.97 Å². The van der Waals surface area contributed by atoms with Gasteiger partial charge in [-0.3, -0.25) is 0 Å². The Morgan fingerprint density at radius 2 is 1.69 bits per heavy atom. The lowest BCUT2D eigenvalue weighted by Gasteiger charge is -2.10. The van der Waals surface area contributed by atoms with Gasteiger partial charge in [0.2, 0.25) is 5.88 Å². The van der Waals surface area contributed by atoms with Crippen LogP contribution in [0.2, 0.25) is 0 Å². The number of nitrogens with zero attached hydrogens (tertiary/aromatic N) is 2. The summed E-state index contributed by atoms with van der Waals surface area (Å²) in [5, 5.41) is 0. The smallest absolute Gasteiger partial charge is 0.338 e. The summed E-state index contributed by atoms with van der Waals surface area (Å²) in [5.41, 5.74) is 2.54. The third-order valence-electron chi connectivity index (χ3n) is 3.80. The zero-order chi connectivity index (χ0) is 18.0. The summed E-state index contributed by atoms with van der Waals surface area (Å²) in [6.07, 6.45) is 4.56. The molecule has 0 atom stereocenters. The summed E-state index contributed by atoms with van der Waals surface area (Å²) in [5.74, 6) is 0.258. The Labute approximate surface area is 152 Å². The third-order valence-corrected chi connectivity index (χ3v) is 3.80. The lowest BCUT2D eigenvalue weighted by atomic mass is 10.2. The maximum atomic E-state index is 11.9. The van der Waals surface area contributed by atoms with Gasteiger partial charge in [-0.05, 0) is 30.5 Å². The maximum absolute atomic E-state index is 11.9. The lowest BCUT2D eigenvalue weighted by molar-refractivity contribution is 0.0500. The van der Waals surface area contributed by atoms with E-state index in [9.17, 15) is 4.79 Å². The van der Waals surface area contributed by atoms with E-state index in [1.54, 1.807) is 18.3 Å². The number of aromatic nitrogens is 2. The van der Waals surface area contributed by atoms with Gasteiger partial charge < -0.3 is 9.47 Å². The number of aryl methyl sites for hydroxylation is 1. The predicted octanol–water partition coefficient (Wildman–Crippen LogP) is 3.85. The van der Waals surface area contributed by atoms with E-state index in [2.05, 4.69) is 9.97 Å². The average Bonchev–Trinajstić information content (AvgIpc) is 2.71. The van der Waals surface area contributed by atoms with E-state index in [0.717, 1.165) is 11.1 Å². The number of carbonyl (C=O) groups excluding carboxylic acids is 1. The fourth-order valence-electron chi connectivity index (χ4n) is 2.46. The maximum Gasteiger partial charge on any atom is 0.338 e. The van der Waals surface area contributed by atoms with Crippen LogP contribution in [0.25, 0.3) is 0 Å². The molecule has 3 rings (SSSR count). The Balaban J connectivity index is 1.48. The molecule has 0 unspecified atom stereocenters. The molecule has 0 aliphatic heterocycles. The lowest BCUT2D eigenvalue weighted by Crippen LogP contribution is -2.07. The Morgan fingerprint density at radius 1 is 0.962 bits per heavy atom. The first kappa shape index (κ1) is 17.6. The van der Waals surface area contributed by atoms with E-state index in [0.29, 0.717) is 37.5 Å². The standard InChI is InChI=1S/C21H20N2O3/c24-21(18-10-5-2-6-11-18)25-13-7-12-19-14-22-16-23-20(19)26-15-17-8-3-1-4-9-17/h1-6,8-11,14,16H,7,12-13,15H2. The zero-order valence-electron chi connectivity index (χ0n) is 14.4. The minimum atomic E-state index is -0.310. The van der Waals surface area contributed by atoms with Crippen molar-refractivity contribution in [3.8, 4) is 5.88 Å². The van der Waals surface area contributed by atoms with Crippen LogP contribution in [0.15, 0.2) is 73.2 Å². The number of benzene rings is 2. The minimum absolute atomic E-state index is 0.310. The van der Waals surface area contributed by atoms with Crippen molar-refractivity contribution >= 4 is 5.97 Å². The Hall–Kier alpha value is -3.21. The van der Waals surface area contributed by atoms with Gasteiger partial charge in [-0.15, -0.1) is 0 Å². The first-order chi connectivity index (χ1) is 12.8. The van der Waals surface area contributed by atoms with Gasteiger partial charge in [0, 0.05) is 11.8 Å². The van der Waals surface area contributed by atoms with Crippen molar-refractivity contribution in [2.75, 3.05) is 6.61 Å². The third kappa shape index (κ3) is 5.14. The number of ether oxygens (including phenoxy) is 2. The molecule has 3 aromatic rings. The SMILES string of the molecule is O=C(OCCCc1cncnc1OCc1ccccc1)c1ccccc1. The summed E-state index contributed by atoms with van der Waals surface area (Å²) >= 11 is 0. The van der Waals surface area contributed by atoms with Gasteiger partial charge in [0.25, 0.3) is 0 Å². The second-order valence-corrected chi connectivity index (χ2v) is 5.73. The number of rotatable bonds is 8. The van der Waals surface area contributed by atoms with Crippen LogP contribution < -0.4 is 4.74 Å². The molecular formula is C21H20N2O3. The van der Waals surface area contributed by atoms with Crippen molar-refractivity contribution in [3.05, 3.63) is 89.9 Å². The highest BCUT2D eigenvalue weighted by Gasteiger charge is 2.08. The summed E-state index contributed by atoms with van der Waals surface area (Å²) in [6, 6.07) is 18.9. The van der Waals surface area contributed by atoms with E-state index in [-0.39, 0.29) is 5.97 Å². The van der Waals surface area contributed by atoms with Crippen molar-refractivity contribution in [2.45, 2.75) is 19.4 Å². The largest absolute Gasteiger partial charge is 0.473 e. The molecule has 0 spiro atoms. The van der Waals surface area contributed by atoms with Gasteiger partial charge in [0.1, 0.15) is 12.9 Å². The summed E-state index contributed by atoms with van der Waals surface area (Å²) in [4.78, 5) is 20.2. The highest BCUT2D eigenvalue weighted by Crippen LogP contribution is 2.17. The number of esters is 1. The van der Waals surface area contributed by atoms with Crippen LogP contribution in [0.4, 0.5) is 0 Å². The molecular weight excluding hydrogens is 328 g/mol. The highest BCUT2D eigenvalue weighted by atomic mass is 16.5. The fraction of sp³-hybridized carbons (Fsp3) is 0.190. The Bertz CT molecular complexity index is 823. The van der Waals surface area contributed by atoms with E-state index in [1.807, 2.05) is 48.5 Å². The van der Waals surface area contributed by atoms with E-state index in [4.69, 9.17) is 9.47 Å². The molecule has 0 bridgehead atoms. The number of hydrogen-bond acceptors (Lipinski definition) is 5. The van der Waals surface area contributed by atoms with Crippen LogP contribution in [0, 0.1) is 0 Å². The second kappa shape index (κ2) is 9.32. The normalized spacial score (nSPS) is 10.3. The van der Waals surface area contributed by atoms with Gasteiger partial charge in [-0.2, -0.15) is 0 Å². The van der Waals surface area contributed by atoms with Crippen LogP contribution in [-0.2, 0) is 17.8 Å². The van der Waals surface area contributed by atoms with Crippen LogP contribution >= 0.6 is 0 Å². The van der Waals surface area contributed by atoms with Crippen molar-refractivity contribution < 1.29 is 14.3 Å². The molecule has 26 heavy (non-hydrogen) atoms. The molecule has 2 aromatic carbocycles. The number of hydrogen-bond donors (Lipinski definition) is 0. The predicted molar refractivity (Wildman–Crippen MR) is 97.9 cm³/mol. The first-order valence-electron chi connectivity index (χ1n) is 8.51. The summed E-state index contributed by atoms with van der Waals surface area (Å²) in [7, 11) is 0. The zero-order valence-corrected chi connectivity index (χ0v) is 14.4. The Morgan fingerprint density at radius 3 is 2.46 bits per heavy atom. The first-order valence-corrected chi connectivity index (χ1v) is 8.51. The average molecular weight is 348 g/mol.